The number of carboxylic acid groups (broad SMARTS) is 2. The Labute approximate surface area is 402 Å². The first-order valence-corrected chi connectivity index (χ1v) is 22.7. The number of guanidine groups is 1. The van der Waals surface area contributed by atoms with Crippen LogP contribution in [0.25, 0.3) is 0 Å². The largest absolute Gasteiger partial charge is 0.480 e. The summed E-state index contributed by atoms with van der Waals surface area (Å²) in [5.41, 5.74) is 12.2. The molecule has 0 bridgehead atoms. The highest BCUT2D eigenvalue weighted by molar-refractivity contribution is 6.00. The van der Waals surface area contributed by atoms with Crippen molar-refractivity contribution in [2.45, 2.75) is 129 Å². The summed E-state index contributed by atoms with van der Waals surface area (Å²) in [4.78, 5) is 123. The summed E-state index contributed by atoms with van der Waals surface area (Å²) in [5.74, 6) is -11.2. The average molecular weight is 967 g/mol. The third kappa shape index (κ3) is 21.2. The number of amides is 7. The van der Waals surface area contributed by atoms with Gasteiger partial charge in [-0.3, -0.25) is 38.6 Å². The number of methoxy groups -OCH3 is 1. The summed E-state index contributed by atoms with van der Waals surface area (Å²) in [6.07, 6.45) is 3.74. The Morgan fingerprint density at radius 3 is 2.06 bits per heavy atom. The molecule has 69 heavy (non-hydrogen) atoms. The molecule has 1 aromatic rings. The van der Waals surface area contributed by atoms with E-state index in [9.17, 15) is 53.4 Å². The van der Waals surface area contributed by atoms with E-state index in [0.717, 1.165) is 5.56 Å². The van der Waals surface area contributed by atoms with Crippen molar-refractivity contribution in [1.29, 1.82) is 0 Å². The van der Waals surface area contributed by atoms with Gasteiger partial charge in [0, 0.05) is 26.0 Å². The molecule has 9 unspecified atom stereocenters. The molecule has 1 saturated heterocycles. The standard InChI is InChI=1S/C47H70N10O12/c1-25(2)21-35-44(64)57-36(46(67)68)24-39(59)53-33(15-12-20-50-47(48)49)43(63)54-32(17-16-26(3)22-27(4)37(69-8)23-31-13-10-9-11-14-31)28(5)40(60)55-34(45(65)66)18-19-38(58)51-29(6)41(61)52-30(7)42(62)56-35/h9-11,13-14,16-17,22,25,27-28,30,32-37H,6,12,15,18-21,23-24H2,1-5,7-8H3,(H,51,58)(H,52,61)(H,53,59)(H,54,63)(H,55,60)(H,56,62)(H,57,64)(H,65,66)(H,67,68)(H4,48,49,50). The van der Waals surface area contributed by atoms with Crippen LogP contribution < -0.4 is 48.7 Å². The van der Waals surface area contributed by atoms with Crippen molar-refractivity contribution in [2.24, 2.45) is 34.2 Å². The minimum Gasteiger partial charge on any atom is -0.480 e. The molecule has 7 amide bonds. The molecule has 22 heteroatoms. The first kappa shape index (κ1) is 58.0. The highest BCUT2D eigenvalue weighted by Crippen LogP contribution is 2.18. The summed E-state index contributed by atoms with van der Waals surface area (Å²) >= 11 is 0. The van der Waals surface area contributed by atoms with Crippen molar-refractivity contribution < 1.29 is 58.1 Å². The van der Waals surface area contributed by atoms with Crippen LogP contribution in [0.5, 0.6) is 0 Å². The maximum Gasteiger partial charge on any atom is 0.326 e. The van der Waals surface area contributed by atoms with Gasteiger partial charge in [-0.05, 0) is 57.4 Å². The molecule has 9 atom stereocenters. The molecule has 0 saturated carbocycles. The molecule has 2 rings (SSSR count). The molecule has 1 aromatic carbocycles. The Bertz CT molecular complexity index is 2090. The van der Waals surface area contributed by atoms with E-state index in [4.69, 9.17) is 16.2 Å². The van der Waals surface area contributed by atoms with Gasteiger partial charge < -0.3 is 63.6 Å². The van der Waals surface area contributed by atoms with Gasteiger partial charge >= 0.3 is 11.9 Å². The SMILES string of the molecule is C=C1NC(=O)CCC(C(=O)O)NC(=O)C(C)C(C=CC(C)=CC(C)C(Cc2ccccc2)OC)NC(=O)C(CCCN=C(N)N)NC(=O)CC(C(=O)O)NC(=O)C(CC(C)C)NC(=O)C(C)NC1=O. The Morgan fingerprint density at radius 2 is 1.46 bits per heavy atom. The molecule has 0 aromatic heterocycles. The lowest BCUT2D eigenvalue weighted by Gasteiger charge is -2.27. The number of allylic oxidation sites excluding steroid dienone is 2. The van der Waals surface area contributed by atoms with Crippen LogP contribution in [0.4, 0.5) is 0 Å². The molecular formula is C47H70N10O12. The lowest BCUT2D eigenvalue weighted by atomic mass is 9.94. The third-order valence-electron chi connectivity index (χ3n) is 11.0. The lowest BCUT2D eigenvalue weighted by Crippen LogP contribution is -2.57. The number of nitrogens with zero attached hydrogens (tertiary/aromatic N) is 1. The third-order valence-corrected chi connectivity index (χ3v) is 11.0. The summed E-state index contributed by atoms with van der Waals surface area (Å²) in [6.45, 7) is 13.5. The topological polar surface area (TPSA) is 352 Å². The normalized spacial score (nSPS) is 24.5. The highest BCUT2D eigenvalue weighted by atomic mass is 16.5. The fourth-order valence-corrected chi connectivity index (χ4v) is 7.09. The number of hydrogen-bond donors (Lipinski definition) is 11. The predicted octanol–water partition coefficient (Wildman–Crippen LogP) is 0.0302. The van der Waals surface area contributed by atoms with Gasteiger partial charge in [-0.15, -0.1) is 0 Å². The second kappa shape index (κ2) is 28.9. The van der Waals surface area contributed by atoms with Gasteiger partial charge in [-0.1, -0.05) is 88.4 Å². The number of rotatable bonds is 15. The molecule has 1 aliphatic heterocycles. The summed E-state index contributed by atoms with van der Waals surface area (Å²) in [7, 11) is 1.61. The van der Waals surface area contributed by atoms with Crippen molar-refractivity contribution in [3.8, 4) is 0 Å². The Morgan fingerprint density at radius 1 is 0.841 bits per heavy atom. The Hall–Kier alpha value is -7.10. The first-order chi connectivity index (χ1) is 32.4. The number of aliphatic carboxylic acids is 2. The minimum absolute atomic E-state index is 0.0105. The fourth-order valence-electron chi connectivity index (χ4n) is 7.09. The van der Waals surface area contributed by atoms with Crippen LogP contribution in [0.15, 0.2) is 71.4 Å². The minimum atomic E-state index is -1.85. The zero-order valence-electron chi connectivity index (χ0n) is 40.3. The molecule has 0 radical (unpaired) electrons. The molecule has 0 spiro atoms. The van der Waals surface area contributed by atoms with Gasteiger partial charge in [0.1, 0.15) is 30.2 Å². The Kier molecular flexibility index (Phi) is 24.3. The van der Waals surface area contributed by atoms with Crippen LogP contribution in [-0.2, 0) is 54.3 Å². The second-order valence-corrected chi connectivity index (χ2v) is 17.4. The van der Waals surface area contributed by atoms with Crippen LogP contribution in [-0.4, -0.2) is 125 Å². The van der Waals surface area contributed by atoms with E-state index in [0.29, 0.717) is 12.0 Å². The number of carboxylic acids is 2. The number of nitrogens with one attached hydrogen (secondary N) is 7. The molecule has 380 valence electrons. The number of benzene rings is 1. The van der Waals surface area contributed by atoms with E-state index >= 15 is 0 Å². The smallest absolute Gasteiger partial charge is 0.326 e. The monoisotopic (exact) mass is 967 g/mol. The first-order valence-electron chi connectivity index (χ1n) is 22.7. The van der Waals surface area contributed by atoms with Crippen molar-refractivity contribution >= 4 is 59.2 Å². The molecule has 1 fully saturated rings. The zero-order chi connectivity index (χ0) is 52.0. The number of nitrogens with two attached hydrogens (primary N) is 2. The van der Waals surface area contributed by atoms with E-state index in [1.807, 2.05) is 43.3 Å². The molecule has 1 heterocycles. The van der Waals surface area contributed by atoms with Crippen LogP contribution in [0.2, 0.25) is 0 Å². The van der Waals surface area contributed by atoms with E-state index in [1.165, 1.54) is 19.9 Å². The van der Waals surface area contributed by atoms with Gasteiger partial charge in [-0.2, -0.15) is 0 Å². The van der Waals surface area contributed by atoms with Crippen LogP contribution in [0, 0.1) is 17.8 Å². The van der Waals surface area contributed by atoms with Gasteiger partial charge in [0.25, 0.3) is 5.91 Å². The van der Waals surface area contributed by atoms with Crippen LogP contribution >= 0.6 is 0 Å². The van der Waals surface area contributed by atoms with E-state index in [-0.39, 0.29) is 49.7 Å². The maximum absolute atomic E-state index is 14.2. The number of carbonyl (C=O) groups is 9. The molecule has 1 aliphatic rings. The number of ether oxygens (including phenoxy) is 1. The van der Waals surface area contributed by atoms with Crippen LogP contribution in [0.1, 0.15) is 85.6 Å². The number of aliphatic imine (C=N–C) groups is 1. The quantitative estimate of drug-likeness (QED) is 0.0364. The summed E-state index contributed by atoms with van der Waals surface area (Å²) < 4.78 is 5.80. The lowest BCUT2D eigenvalue weighted by molar-refractivity contribution is -0.144. The van der Waals surface area contributed by atoms with Gasteiger partial charge in [0.15, 0.2) is 5.96 Å². The van der Waals surface area contributed by atoms with Crippen molar-refractivity contribution in [3.63, 3.8) is 0 Å². The Balaban J connectivity index is 2.66. The maximum atomic E-state index is 14.2. The van der Waals surface area contributed by atoms with Crippen molar-refractivity contribution in [3.05, 3.63) is 72.0 Å². The van der Waals surface area contributed by atoms with Crippen LogP contribution in [0.3, 0.4) is 0 Å². The fraction of sp³-hybridized carbons (Fsp3) is 0.532. The van der Waals surface area contributed by atoms with E-state index in [2.05, 4.69) is 48.8 Å². The molecular weight excluding hydrogens is 897 g/mol. The number of carbonyl (C=O) groups excluding carboxylic acids is 7. The predicted molar refractivity (Wildman–Crippen MR) is 255 cm³/mol. The van der Waals surface area contributed by atoms with E-state index in [1.54, 1.807) is 34.0 Å². The summed E-state index contributed by atoms with van der Waals surface area (Å²) in [5, 5.41) is 37.2. The zero-order valence-corrected chi connectivity index (χ0v) is 40.3. The molecule has 13 N–H and O–H groups in total. The van der Waals surface area contributed by atoms with Gasteiger partial charge in [0.05, 0.1) is 30.2 Å². The molecule has 22 nitrogen and oxygen atoms in total. The number of hydrogen-bond acceptors (Lipinski definition) is 11. The second-order valence-electron chi connectivity index (χ2n) is 17.4. The van der Waals surface area contributed by atoms with Crippen molar-refractivity contribution in [2.75, 3.05) is 13.7 Å². The van der Waals surface area contributed by atoms with Gasteiger partial charge in [0.2, 0.25) is 35.4 Å². The highest BCUT2D eigenvalue weighted by Gasteiger charge is 2.34. The average Bonchev–Trinajstić information content (AvgIpc) is 3.27. The summed E-state index contributed by atoms with van der Waals surface area (Å²) in [6, 6.07) is 1.06. The van der Waals surface area contributed by atoms with Gasteiger partial charge in [-0.25, -0.2) is 9.59 Å². The molecule has 0 aliphatic carbocycles. The van der Waals surface area contributed by atoms with E-state index < -0.39 is 120 Å². The van der Waals surface area contributed by atoms with Crippen molar-refractivity contribution in [1.82, 2.24) is 37.2 Å².